The fraction of sp³-hybridized carbons (Fsp3) is 0.222. The molecular formula is C27H26FN3O4S. The van der Waals surface area contributed by atoms with Crippen LogP contribution in [0, 0.1) is 5.82 Å². The average Bonchev–Trinajstić information content (AvgIpc) is 3.27. The van der Waals surface area contributed by atoms with Crippen molar-refractivity contribution in [3.8, 4) is 5.75 Å². The Morgan fingerprint density at radius 3 is 2.58 bits per heavy atom. The van der Waals surface area contributed by atoms with Crippen LogP contribution in [-0.4, -0.2) is 35.7 Å². The summed E-state index contributed by atoms with van der Waals surface area (Å²) in [5.74, 6) is -0.340. The van der Waals surface area contributed by atoms with Gasteiger partial charge in [0, 0.05) is 12.2 Å². The summed E-state index contributed by atoms with van der Waals surface area (Å²) in [7, 11) is 1.59. The van der Waals surface area contributed by atoms with Crippen molar-refractivity contribution in [2.24, 2.45) is 4.99 Å². The number of benzene rings is 2. The zero-order valence-corrected chi connectivity index (χ0v) is 20.8. The number of amidine groups is 1. The number of nitrogens with zero attached hydrogens (tertiary/aromatic N) is 2. The van der Waals surface area contributed by atoms with Gasteiger partial charge in [-0.25, -0.2) is 14.2 Å². The van der Waals surface area contributed by atoms with Gasteiger partial charge in [-0.05, 0) is 47.7 Å². The molecule has 0 saturated carbocycles. The summed E-state index contributed by atoms with van der Waals surface area (Å²) in [6.45, 7) is 5.74. The van der Waals surface area contributed by atoms with E-state index in [1.807, 2.05) is 34.6 Å². The van der Waals surface area contributed by atoms with Crippen molar-refractivity contribution in [3.63, 3.8) is 0 Å². The van der Waals surface area contributed by atoms with E-state index in [2.05, 4.69) is 16.9 Å². The highest BCUT2D eigenvalue weighted by Gasteiger charge is 2.41. The van der Waals surface area contributed by atoms with Crippen LogP contribution in [0.25, 0.3) is 0 Å². The van der Waals surface area contributed by atoms with Crippen molar-refractivity contribution < 1.29 is 23.5 Å². The molecule has 0 radical (unpaired) electrons. The number of nitrogens with one attached hydrogen (secondary N) is 1. The maximum atomic E-state index is 13.2. The van der Waals surface area contributed by atoms with Gasteiger partial charge in [-0.2, -0.15) is 0 Å². The van der Waals surface area contributed by atoms with E-state index in [1.54, 1.807) is 26.2 Å². The lowest BCUT2D eigenvalue weighted by Gasteiger charge is -2.36. The molecule has 0 saturated heterocycles. The van der Waals surface area contributed by atoms with Crippen LogP contribution in [0.5, 0.6) is 5.75 Å². The number of hydrogen-bond donors (Lipinski definition) is 1. The predicted octanol–water partition coefficient (Wildman–Crippen LogP) is 4.84. The van der Waals surface area contributed by atoms with E-state index in [1.165, 1.54) is 30.0 Å². The summed E-state index contributed by atoms with van der Waals surface area (Å²) in [4.78, 5) is 32.5. The van der Waals surface area contributed by atoms with Crippen molar-refractivity contribution in [2.75, 3.05) is 13.7 Å². The number of methoxy groups -OCH3 is 1. The van der Waals surface area contributed by atoms with E-state index in [-0.39, 0.29) is 31.3 Å². The SMILES string of the molecule is C=CCOC(=O)C1=C(C)N=C2SC=C(CC(=O)NCc3ccc(F)cc3)N2C1c1ccc(OC)cc1. The number of rotatable bonds is 9. The Labute approximate surface area is 213 Å². The Balaban J connectivity index is 1.59. The number of allylic oxidation sites excluding steroid dienone is 1. The first-order valence-electron chi connectivity index (χ1n) is 11.3. The number of esters is 1. The van der Waals surface area contributed by atoms with Gasteiger partial charge in [-0.15, -0.1) is 0 Å². The predicted molar refractivity (Wildman–Crippen MR) is 137 cm³/mol. The first kappa shape index (κ1) is 25.2. The molecule has 2 aromatic carbocycles. The Morgan fingerprint density at radius 2 is 1.92 bits per heavy atom. The van der Waals surface area contributed by atoms with Gasteiger partial charge in [0.25, 0.3) is 0 Å². The van der Waals surface area contributed by atoms with Crippen LogP contribution in [0.4, 0.5) is 4.39 Å². The molecule has 1 amide bonds. The second-order valence-corrected chi connectivity index (χ2v) is 8.97. The minimum Gasteiger partial charge on any atom is -0.497 e. The Morgan fingerprint density at radius 1 is 1.19 bits per heavy atom. The third-order valence-electron chi connectivity index (χ3n) is 5.73. The minimum absolute atomic E-state index is 0.0742. The maximum Gasteiger partial charge on any atom is 0.338 e. The molecule has 0 spiro atoms. The largest absolute Gasteiger partial charge is 0.497 e. The van der Waals surface area contributed by atoms with Crippen LogP contribution in [-0.2, 0) is 20.9 Å². The fourth-order valence-electron chi connectivity index (χ4n) is 3.97. The third-order valence-corrected chi connectivity index (χ3v) is 6.62. The zero-order chi connectivity index (χ0) is 25.7. The van der Waals surface area contributed by atoms with Crippen molar-refractivity contribution >= 4 is 28.8 Å². The van der Waals surface area contributed by atoms with E-state index in [9.17, 15) is 14.0 Å². The van der Waals surface area contributed by atoms with Crippen LogP contribution in [0.15, 0.2) is 88.6 Å². The molecule has 2 aliphatic heterocycles. The van der Waals surface area contributed by atoms with Gasteiger partial charge in [-0.1, -0.05) is 48.7 Å². The molecule has 186 valence electrons. The Kier molecular flexibility index (Phi) is 7.90. The number of thioether (sulfide) groups is 1. The second-order valence-electron chi connectivity index (χ2n) is 8.13. The second kappa shape index (κ2) is 11.3. The summed E-state index contributed by atoms with van der Waals surface area (Å²) < 4.78 is 23.8. The normalized spacial score (nSPS) is 16.6. The fourth-order valence-corrected chi connectivity index (χ4v) is 4.94. The van der Waals surface area contributed by atoms with Crippen molar-refractivity contribution in [1.29, 1.82) is 0 Å². The van der Waals surface area contributed by atoms with Crippen LogP contribution in [0.2, 0.25) is 0 Å². The molecular weight excluding hydrogens is 481 g/mol. The van der Waals surface area contributed by atoms with Gasteiger partial charge in [0.1, 0.15) is 18.2 Å². The molecule has 36 heavy (non-hydrogen) atoms. The molecule has 2 aliphatic rings. The van der Waals surface area contributed by atoms with E-state index >= 15 is 0 Å². The quantitative estimate of drug-likeness (QED) is 0.386. The molecule has 0 bridgehead atoms. The van der Waals surface area contributed by atoms with Crippen molar-refractivity contribution in [3.05, 3.63) is 101 Å². The van der Waals surface area contributed by atoms with Gasteiger partial charge in [-0.3, -0.25) is 4.79 Å². The molecule has 9 heteroatoms. The molecule has 0 aromatic heterocycles. The van der Waals surface area contributed by atoms with Gasteiger partial charge in [0.2, 0.25) is 5.91 Å². The molecule has 1 atom stereocenters. The van der Waals surface area contributed by atoms with Crippen LogP contribution < -0.4 is 10.1 Å². The van der Waals surface area contributed by atoms with E-state index in [4.69, 9.17) is 9.47 Å². The summed E-state index contributed by atoms with van der Waals surface area (Å²) in [5, 5.41) is 5.42. The molecule has 2 aromatic rings. The lowest BCUT2D eigenvalue weighted by molar-refractivity contribution is -0.138. The lowest BCUT2D eigenvalue weighted by atomic mass is 9.93. The smallest absolute Gasteiger partial charge is 0.338 e. The molecule has 0 aliphatic carbocycles. The zero-order valence-electron chi connectivity index (χ0n) is 20.0. The first-order valence-corrected chi connectivity index (χ1v) is 12.2. The molecule has 1 N–H and O–H groups in total. The molecule has 4 rings (SSSR count). The first-order chi connectivity index (χ1) is 17.4. The number of aliphatic imine (C=N–C) groups is 1. The topological polar surface area (TPSA) is 80.2 Å². The summed E-state index contributed by atoms with van der Waals surface area (Å²) >= 11 is 1.40. The number of ether oxygens (including phenoxy) is 2. The van der Waals surface area contributed by atoms with Gasteiger partial charge >= 0.3 is 5.97 Å². The molecule has 0 fully saturated rings. The van der Waals surface area contributed by atoms with Crippen molar-refractivity contribution in [1.82, 2.24) is 10.2 Å². The van der Waals surface area contributed by atoms with Crippen LogP contribution in [0.1, 0.15) is 30.5 Å². The average molecular weight is 508 g/mol. The van der Waals surface area contributed by atoms with Crippen LogP contribution >= 0.6 is 11.8 Å². The standard InChI is InChI=1S/C27H26FN3O4S/c1-4-13-35-26(33)24-17(2)30-27-31(25(24)19-7-11-22(34-3)12-8-19)21(16-36-27)14-23(32)29-15-18-5-9-20(28)10-6-18/h4-12,16,25H,1,13-15H2,2-3H3,(H,29,32). The minimum atomic E-state index is -0.535. The number of halogens is 1. The van der Waals surface area contributed by atoms with E-state index in [0.717, 1.165) is 11.1 Å². The number of amides is 1. The molecule has 2 heterocycles. The molecule has 7 nitrogen and oxygen atoms in total. The maximum absolute atomic E-state index is 13.2. The van der Waals surface area contributed by atoms with Crippen molar-refractivity contribution in [2.45, 2.75) is 25.9 Å². The van der Waals surface area contributed by atoms with Gasteiger partial charge in [0.15, 0.2) is 5.17 Å². The highest BCUT2D eigenvalue weighted by Crippen LogP contribution is 2.45. The number of carbonyl (C=O) groups is 2. The molecule has 1 unspecified atom stereocenters. The summed E-state index contributed by atoms with van der Waals surface area (Å²) in [6.07, 6.45) is 1.59. The monoisotopic (exact) mass is 507 g/mol. The highest BCUT2D eigenvalue weighted by atomic mass is 32.2. The summed E-state index contributed by atoms with van der Waals surface area (Å²) in [5.41, 5.74) is 3.28. The van der Waals surface area contributed by atoms with Gasteiger partial charge < -0.3 is 19.7 Å². The third kappa shape index (κ3) is 5.52. The number of hydrogen-bond acceptors (Lipinski definition) is 7. The number of fused-ring (bicyclic) bond motifs is 1. The van der Waals surface area contributed by atoms with Crippen LogP contribution in [0.3, 0.4) is 0 Å². The summed E-state index contributed by atoms with van der Waals surface area (Å²) in [6, 6.07) is 12.9. The van der Waals surface area contributed by atoms with E-state index in [0.29, 0.717) is 27.9 Å². The highest BCUT2D eigenvalue weighted by molar-refractivity contribution is 8.16. The number of carbonyl (C=O) groups excluding carboxylic acids is 2. The Hall–Kier alpha value is -3.85. The van der Waals surface area contributed by atoms with E-state index < -0.39 is 12.0 Å². The Bertz CT molecular complexity index is 1250. The lowest BCUT2D eigenvalue weighted by Crippen LogP contribution is -2.38. The van der Waals surface area contributed by atoms with Gasteiger partial charge in [0.05, 0.1) is 30.8 Å².